The summed E-state index contributed by atoms with van der Waals surface area (Å²) in [5.74, 6) is -1.27. The molecule has 1 aliphatic carbocycles. The monoisotopic (exact) mass is 201 g/mol. The zero-order valence-corrected chi connectivity index (χ0v) is 7.35. The lowest BCUT2D eigenvalue weighted by Gasteiger charge is -2.12. The number of nitrogens with zero attached hydrogens (tertiary/aromatic N) is 1. The molecule has 0 bridgehead atoms. The van der Waals surface area contributed by atoms with Gasteiger partial charge in [0.1, 0.15) is 5.57 Å². The van der Waals surface area contributed by atoms with Gasteiger partial charge in [-0.3, -0.25) is 10.1 Å². The summed E-state index contributed by atoms with van der Waals surface area (Å²) in [6, 6.07) is -1.25. The maximum atomic E-state index is 10.6. The summed E-state index contributed by atoms with van der Waals surface area (Å²) in [7, 11) is 0. The molecule has 6 heteroatoms. The van der Waals surface area contributed by atoms with Gasteiger partial charge in [0.2, 0.25) is 0 Å². The van der Waals surface area contributed by atoms with E-state index in [1.807, 2.05) is 0 Å². The number of aliphatic carboxylic acids is 1. The van der Waals surface area contributed by atoms with Crippen LogP contribution in [0.15, 0.2) is 23.8 Å². The van der Waals surface area contributed by atoms with Gasteiger partial charge in [0, 0.05) is 10.2 Å². The van der Waals surface area contributed by atoms with Crippen molar-refractivity contribution in [3.05, 3.63) is 33.9 Å². The standard InChI is InChI=1S/C7H7NO4S/c9-7(10)5-3-4(13)1-2-6(5)8(11)12/h1-4,6,13H,(H,9,10). The maximum absolute atomic E-state index is 10.6. The minimum atomic E-state index is -1.27. The van der Waals surface area contributed by atoms with E-state index in [1.54, 1.807) is 0 Å². The summed E-state index contributed by atoms with van der Waals surface area (Å²) < 4.78 is 0. The van der Waals surface area contributed by atoms with Gasteiger partial charge in [-0.05, 0) is 6.08 Å². The number of nitro groups is 1. The molecule has 0 saturated heterocycles. The highest BCUT2D eigenvalue weighted by Crippen LogP contribution is 2.18. The Bertz CT molecular complexity index is 310. The number of thiol groups is 1. The minimum absolute atomic E-state index is 0.229. The summed E-state index contributed by atoms with van der Waals surface area (Å²) in [6.45, 7) is 0. The van der Waals surface area contributed by atoms with Gasteiger partial charge >= 0.3 is 5.97 Å². The molecule has 0 amide bonds. The first-order valence-corrected chi connectivity index (χ1v) is 3.99. The number of hydrogen-bond acceptors (Lipinski definition) is 4. The second kappa shape index (κ2) is 3.61. The van der Waals surface area contributed by atoms with E-state index in [4.69, 9.17) is 5.11 Å². The molecule has 0 aromatic carbocycles. The molecule has 0 aliphatic heterocycles. The third-order valence-electron chi connectivity index (χ3n) is 1.63. The fraction of sp³-hybridized carbons (Fsp3) is 0.286. The van der Waals surface area contributed by atoms with Gasteiger partial charge in [-0.25, -0.2) is 4.79 Å². The van der Waals surface area contributed by atoms with Crippen LogP contribution in [0, 0.1) is 10.1 Å². The molecule has 0 heterocycles. The van der Waals surface area contributed by atoms with E-state index in [2.05, 4.69) is 12.6 Å². The van der Waals surface area contributed by atoms with Crippen LogP contribution >= 0.6 is 12.6 Å². The first kappa shape index (κ1) is 9.79. The van der Waals surface area contributed by atoms with Crippen LogP contribution in [0.3, 0.4) is 0 Å². The lowest BCUT2D eigenvalue weighted by atomic mass is 10.0. The van der Waals surface area contributed by atoms with Crippen molar-refractivity contribution >= 4 is 18.6 Å². The van der Waals surface area contributed by atoms with Crippen molar-refractivity contribution in [3.63, 3.8) is 0 Å². The Morgan fingerprint density at radius 2 is 2.23 bits per heavy atom. The highest BCUT2D eigenvalue weighted by Gasteiger charge is 2.30. The Morgan fingerprint density at radius 3 is 2.69 bits per heavy atom. The fourth-order valence-electron chi connectivity index (χ4n) is 1.04. The summed E-state index contributed by atoms with van der Waals surface area (Å²) in [6.07, 6.45) is 3.99. The van der Waals surface area contributed by atoms with Crippen molar-refractivity contribution < 1.29 is 14.8 Å². The molecule has 13 heavy (non-hydrogen) atoms. The summed E-state index contributed by atoms with van der Waals surface area (Å²) in [4.78, 5) is 20.3. The molecule has 1 aliphatic rings. The van der Waals surface area contributed by atoms with Crippen LogP contribution in [-0.2, 0) is 4.79 Å². The Hall–Kier alpha value is -1.30. The van der Waals surface area contributed by atoms with Gasteiger partial charge in [0.15, 0.2) is 0 Å². The number of hydrogen-bond donors (Lipinski definition) is 2. The minimum Gasteiger partial charge on any atom is -0.478 e. The second-order valence-electron chi connectivity index (χ2n) is 2.53. The van der Waals surface area contributed by atoms with Crippen LogP contribution in [0.25, 0.3) is 0 Å². The van der Waals surface area contributed by atoms with Crippen molar-refractivity contribution in [2.75, 3.05) is 0 Å². The summed E-state index contributed by atoms with van der Waals surface area (Å²) in [5, 5.41) is 18.7. The summed E-state index contributed by atoms with van der Waals surface area (Å²) >= 11 is 3.98. The van der Waals surface area contributed by atoms with E-state index in [1.165, 1.54) is 18.2 Å². The highest BCUT2D eigenvalue weighted by atomic mass is 32.1. The smallest absolute Gasteiger partial charge is 0.338 e. The van der Waals surface area contributed by atoms with Gasteiger partial charge in [-0.1, -0.05) is 12.2 Å². The van der Waals surface area contributed by atoms with E-state index in [0.717, 1.165) is 0 Å². The number of carboxylic acid groups (broad SMARTS) is 1. The van der Waals surface area contributed by atoms with Gasteiger partial charge in [0.25, 0.3) is 6.04 Å². The Kier molecular flexibility index (Phi) is 2.72. The molecule has 0 fully saturated rings. The van der Waals surface area contributed by atoms with E-state index < -0.39 is 16.9 Å². The quantitative estimate of drug-likeness (QED) is 0.295. The van der Waals surface area contributed by atoms with Gasteiger partial charge in [-0.2, -0.15) is 12.6 Å². The van der Waals surface area contributed by atoms with Crippen molar-refractivity contribution in [2.45, 2.75) is 11.3 Å². The van der Waals surface area contributed by atoms with Crippen LogP contribution in [0.4, 0.5) is 0 Å². The topological polar surface area (TPSA) is 80.4 Å². The zero-order valence-electron chi connectivity index (χ0n) is 6.45. The molecule has 0 spiro atoms. The van der Waals surface area contributed by atoms with E-state index in [-0.39, 0.29) is 10.8 Å². The Morgan fingerprint density at radius 1 is 1.62 bits per heavy atom. The second-order valence-corrected chi connectivity index (χ2v) is 3.13. The Labute approximate surface area is 79.3 Å². The zero-order chi connectivity index (χ0) is 10.0. The average Bonchev–Trinajstić information content (AvgIpc) is 2.03. The molecule has 0 radical (unpaired) electrons. The molecular formula is C7H7NO4S. The normalized spacial score (nSPS) is 26.7. The number of rotatable bonds is 2. The number of carboxylic acids is 1. The highest BCUT2D eigenvalue weighted by molar-refractivity contribution is 7.81. The predicted molar refractivity (Wildman–Crippen MR) is 48.4 cm³/mol. The van der Waals surface area contributed by atoms with E-state index in [0.29, 0.717) is 0 Å². The van der Waals surface area contributed by atoms with Gasteiger partial charge in [-0.15, -0.1) is 0 Å². The number of carbonyl (C=O) groups is 1. The third kappa shape index (κ3) is 2.09. The average molecular weight is 201 g/mol. The first-order chi connectivity index (χ1) is 6.02. The summed E-state index contributed by atoms with van der Waals surface area (Å²) in [5.41, 5.74) is -0.229. The SMILES string of the molecule is O=C(O)C1=CC(S)C=CC1[N+](=O)[O-]. The lowest BCUT2D eigenvalue weighted by Crippen LogP contribution is -2.27. The molecule has 1 rings (SSSR count). The van der Waals surface area contributed by atoms with Crippen LogP contribution < -0.4 is 0 Å². The van der Waals surface area contributed by atoms with Crippen molar-refractivity contribution in [1.29, 1.82) is 0 Å². The molecule has 0 aromatic heterocycles. The van der Waals surface area contributed by atoms with Gasteiger partial charge in [0.05, 0.1) is 0 Å². The van der Waals surface area contributed by atoms with Crippen LogP contribution in [0.5, 0.6) is 0 Å². The van der Waals surface area contributed by atoms with Crippen LogP contribution in [0.2, 0.25) is 0 Å². The molecule has 70 valence electrons. The molecule has 2 atom stereocenters. The predicted octanol–water partition coefficient (Wildman–Crippen LogP) is 0.511. The maximum Gasteiger partial charge on any atom is 0.338 e. The fourth-order valence-corrected chi connectivity index (χ4v) is 1.30. The first-order valence-electron chi connectivity index (χ1n) is 3.47. The Balaban J connectivity index is 2.98. The van der Waals surface area contributed by atoms with Crippen LogP contribution in [0.1, 0.15) is 0 Å². The molecule has 2 unspecified atom stereocenters. The van der Waals surface area contributed by atoms with E-state index in [9.17, 15) is 14.9 Å². The van der Waals surface area contributed by atoms with Gasteiger partial charge < -0.3 is 5.11 Å². The largest absolute Gasteiger partial charge is 0.478 e. The molecule has 0 saturated carbocycles. The van der Waals surface area contributed by atoms with Crippen molar-refractivity contribution in [1.82, 2.24) is 0 Å². The molecule has 0 aromatic rings. The molecule has 1 N–H and O–H groups in total. The third-order valence-corrected chi connectivity index (χ3v) is 1.95. The van der Waals surface area contributed by atoms with E-state index >= 15 is 0 Å². The molecule has 5 nitrogen and oxygen atoms in total. The lowest BCUT2D eigenvalue weighted by molar-refractivity contribution is -0.498. The molecular weight excluding hydrogens is 194 g/mol. The van der Waals surface area contributed by atoms with Crippen molar-refractivity contribution in [3.8, 4) is 0 Å². The van der Waals surface area contributed by atoms with Crippen molar-refractivity contribution in [2.24, 2.45) is 0 Å². The van der Waals surface area contributed by atoms with Crippen LogP contribution in [-0.4, -0.2) is 27.3 Å².